The van der Waals surface area contributed by atoms with Crippen molar-refractivity contribution in [3.05, 3.63) is 12.4 Å². The van der Waals surface area contributed by atoms with Crippen LogP contribution in [0.15, 0.2) is 17.3 Å². The van der Waals surface area contributed by atoms with Crippen molar-refractivity contribution >= 4 is 10.0 Å². The van der Waals surface area contributed by atoms with Crippen molar-refractivity contribution in [3.63, 3.8) is 0 Å². The maximum Gasteiger partial charge on any atom is 0.246 e. The summed E-state index contributed by atoms with van der Waals surface area (Å²) in [7, 11) is -3.53. The largest absolute Gasteiger partial charge is 0.329 e. The molecule has 1 rings (SSSR count). The summed E-state index contributed by atoms with van der Waals surface area (Å²) in [6.45, 7) is 6.26. The van der Waals surface area contributed by atoms with Gasteiger partial charge in [-0.1, -0.05) is 13.8 Å². The fourth-order valence-corrected chi connectivity index (χ4v) is 3.54. The van der Waals surface area contributed by atoms with E-state index in [1.54, 1.807) is 6.92 Å². The van der Waals surface area contributed by atoms with Crippen molar-refractivity contribution in [1.29, 1.82) is 0 Å². The number of H-pyrrole nitrogens is 1. The Morgan fingerprint density at radius 1 is 1.53 bits per heavy atom. The van der Waals surface area contributed by atoms with Crippen LogP contribution in [0.4, 0.5) is 0 Å². The van der Waals surface area contributed by atoms with Gasteiger partial charge in [-0.15, -0.1) is 0 Å². The summed E-state index contributed by atoms with van der Waals surface area (Å²) in [4.78, 5) is 0.174. The van der Waals surface area contributed by atoms with Gasteiger partial charge in [0.2, 0.25) is 10.0 Å². The van der Waals surface area contributed by atoms with Gasteiger partial charge in [-0.05, 0) is 13.3 Å². The zero-order chi connectivity index (χ0) is 13.1. The fourth-order valence-electron chi connectivity index (χ4n) is 1.77. The zero-order valence-electron chi connectivity index (χ0n) is 10.5. The molecule has 0 aliphatic rings. The van der Waals surface area contributed by atoms with Crippen LogP contribution in [0.3, 0.4) is 0 Å². The molecule has 0 aromatic carbocycles. The maximum absolute atomic E-state index is 12.4. The minimum absolute atomic E-state index is 0.174. The van der Waals surface area contributed by atoms with Crippen LogP contribution in [0.25, 0.3) is 0 Å². The molecule has 1 aromatic rings. The lowest BCUT2D eigenvalue weighted by Crippen LogP contribution is -2.53. The lowest BCUT2D eigenvalue weighted by molar-refractivity contribution is 0.214. The van der Waals surface area contributed by atoms with Gasteiger partial charge < -0.3 is 5.73 Å². The molecule has 0 saturated carbocycles. The number of aromatic nitrogens is 2. The molecule has 0 spiro atoms. The van der Waals surface area contributed by atoms with Crippen molar-refractivity contribution < 1.29 is 8.42 Å². The van der Waals surface area contributed by atoms with Gasteiger partial charge in [0.05, 0.1) is 6.20 Å². The highest BCUT2D eigenvalue weighted by molar-refractivity contribution is 7.89. The molecule has 6 nitrogen and oxygen atoms in total. The third-order valence-electron chi connectivity index (χ3n) is 3.15. The van der Waals surface area contributed by atoms with Crippen LogP contribution >= 0.6 is 0 Å². The van der Waals surface area contributed by atoms with Gasteiger partial charge in [-0.25, -0.2) is 8.42 Å². The normalized spacial score (nSPS) is 16.1. The first kappa shape index (κ1) is 14.1. The van der Waals surface area contributed by atoms with Crippen molar-refractivity contribution in [2.45, 2.75) is 37.6 Å². The molecule has 0 amide bonds. The Morgan fingerprint density at radius 3 is 2.53 bits per heavy atom. The van der Waals surface area contributed by atoms with Gasteiger partial charge in [0.1, 0.15) is 4.90 Å². The Kier molecular flexibility index (Phi) is 4.29. The second kappa shape index (κ2) is 5.16. The first-order valence-corrected chi connectivity index (χ1v) is 7.08. The van der Waals surface area contributed by atoms with Crippen LogP contribution in [0.2, 0.25) is 0 Å². The van der Waals surface area contributed by atoms with E-state index in [4.69, 9.17) is 5.73 Å². The first-order chi connectivity index (χ1) is 7.92. The van der Waals surface area contributed by atoms with Crippen LogP contribution in [0.1, 0.15) is 27.2 Å². The molecular formula is C10H20N4O2S. The van der Waals surface area contributed by atoms with Crippen molar-refractivity contribution in [1.82, 2.24) is 14.5 Å². The second-order valence-corrected chi connectivity index (χ2v) is 6.02. The summed E-state index contributed by atoms with van der Waals surface area (Å²) in [6, 6.07) is 0. The summed E-state index contributed by atoms with van der Waals surface area (Å²) in [5.74, 6) is 0. The average Bonchev–Trinajstić information content (AvgIpc) is 2.83. The molecule has 0 bridgehead atoms. The third-order valence-corrected chi connectivity index (χ3v) is 5.25. The quantitative estimate of drug-likeness (QED) is 0.781. The number of aromatic amines is 1. The smallest absolute Gasteiger partial charge is 0.246 e. The number of hydrogen-bond acceptors (Lipinski definition) is 4. The van der Waals surface area contributed by atoms with E-state index in [1.165, 1.54) is 16.7 Å². The maximum atomic E-state index is 12.4. The molecule has 1 atom stereocenters. The summed E-state index contributed by atoms with van der Waals surface area (Å²) >= 11 is 0. The number of likely N-dealkylation sites (N-methyl/N-ethyl adjacent to an activating group) is 1. The SMILES string of the molecule is CCN(C(C)(CC)CN)S(=O)(=O)c1cn[nH]c1. The van der Waals surface area contributed by atoms with Gasteiger partial charge in [0.15, 0.2) is 0 Å². The lowest BCUT2D eigenvalue weighted by Gasteiger charge is -2.37. The molecule has 1 unspecified atom stereocenters. The highest BCUT2D eigenvalue weighted by Crippen LogP contribution is 2.25. The van der Waals surface area contributed by atoms with Crippen LogP contribution in [0, 0.1) is 0 Å². The van der Waals surface area contributed by atoms with E-state index in [9.17, 15) is 8.42 Å². The third kappa shape index (κ3) is 2.51. The molecule has 3 N–H and O–H groups in total. The van der Waals surface area contributed by atoms with E-state index < -0.39 is 15.6 Å². The molecule has 98 valence electrons. The Hall–Kier alpha value is -0.920. The molecule has 0 aliphatic heterocycles. The summed E-state index contributed by atoms with van der Waals surface area (Å²) in [6.07, 6.45) is 3.35. The zero-order valence-corrected chi connectivity index (χ0v) is 11.3. The minimum atomic E-state index is -3.53. The van der Waals surface area contributed by atoms with Crippen LogP contribution in [-0.2, 0) is 10.0 Å². The van der Waals surface area contributed by atoms with E-state index in [0.717, 1.165) is 0 Å². The molecule has 17 heavy (non-hydrogen) atoms. The van der Waals surface area contributed by atoms with E-state index in [0.29, 0.717) is 13.0 Å². The molecule has 0 aliphatic carbocycles. The predicted molar refractivity (Wildman–Crippen MR) is 65.9 cm³/mol. The highest BCUT2D eigenvalue weighted by atomic mass is 32.2. The molecule has 7 heteroatoms. The highest BCUT2D eigenvalue weighted by Gasteiger charge is 2.37. The number of sulfonamides is 1. The summed E-state index contributed by atoms with van der Waals surface area (Å²) in [5, 5.41) is 6.19. The van der Waals surface area contributed by atoms with Gasteiger partial charge >= 0.3 is 0 Å². The molecule has 0 fully saturated rings. The number of nitrogens with zero attached hydrogens (tertiary/aromatic N) is 2. The molecule has 1 aromatic heterocycles. The van der Waals surface area contributed by atoms with Crippen LogP contribution < -0.4 is 5.73 Å². The van der Waals surface area contributed by atoms with Crippen molar-refractivity contribution in [2.24, 2.45) is 5.73 Å². The molecule has 1 heterocycles. The van der Waals surface area contributed by atoms with E-state index >= 15 is 0 Å². The van der Waals surface area contributed by atoms with Gasteiger partial charge in [0.25, 0.3) is 0 Å². The Morgan fingerprint density at radius 2 is 2.18 bits per heavy atom. The van der Waals surface area contributed by atoms with Gasteiger partial charge in [-0.3, -0.25) is 5.10 Å². The minimum Gasteiger partial charge on any atom is -0.329 e. The van der Waals surface area contributed by atoms with Crippen molar-refractivity contribution in [2.75, 3.05) is 13.1 Å². The lowest BCUT2D eigenvalue weighted by atomic mass is 9.99. The number of hydrogen-bond donors (Lipinski definition) is 2. The molecule has 0 saturated heterocycles. The van der Waals surface area contributed by atoms with E-state index in [2.05, 4.69) is 10.2 Å². The van der Waals surface area contributed by atoms with Crippen LogP contribution in [-0.4, -0.2) is 41.5 Å². The predicted octanol–water partition coefficient (Wildman–Crippen LogP) is 0.548. The first-order valence-electron chi connectivity index (χ1n) is 5.64. The van der Waals surface area contributed by atoms with Gasteiger partial charge in [-0.2, -0.15) is 9.40 Å². The number of rotatable bonds is 6. The van der Waals surface area contributed by atoms with Crippen molar-refractivity contribution in [3.8, 4) is 0 Å². The Labute approximate surface area is 102 Å². The molecule has 0 radical (unpaired) electrons. The fraction of sp³-hybridized carbons (Fsp3) is 0.700. The Bertz CT molecular complexity index is 437. The van der Waals surface area contributed by atoms with E-state index in [1.807, 2.05) is 13.8 Å². The van der Waals surface area contributed by atoms with E-state index in [-0.39, 0.29) is 11.4 Å². The summed E-state index contributed by atoms with van der Waals surface area (Å²) in [5.41, 5.74) is 5.15. The standard InChI is InChI=1S/C10H20N4O2S/c1-4-10(3,8-11)14(5-2)17(15,16)9-6-12-13-7-9/h6-7H,4-5,8,11H2,1-3H3,(H,12,13). The summed E-state index contributed by atoms with van der Waals surface area (Å²) < 4.78 is 26.2. The monoisotopic (exact) mass is 260 g/mol. The molecular weight excluding hydrogens is 240 g/mol. The van der Waals surface area contributed by atoms with Crippen LogP contribution in [0.5, 0.6) is 0 Å². The second-order valence-electron chi connectivity index (χ2n) is 4.16. The number of nitrogens with two attached hydrogens (primary N) is 1. The topological polar surface area (TPSA) is 92.1 Å². The van der Waals surface area contributed by atoms with Gasteiger partial charge in [0, 0.05) is 24.8 Å². The number of nitrogens with one attached hydrogen (secondary N) is 1. The Balaban J connectivity index is 3.20. The average molecular weight is 260 g/mol.